The Bertz CT molecular complexity index is 296. The van der Waals surface area contributed by atoms with Crippen LogP contribution in [0, 0.1) is 5.92 Å². The van der Waals surface area contributed by atoms with Gasteiger partial charge in [0.05, 0.1) is 5.92 Å². The fraction of sp³-hybridized carbons (Fsp3) is 0.375. The Morgan fingerprint density at radius 2 is 2.15 bits per heavy atom. The van der Waals surface area contributed by atoms with Gasteiger partial charge < -0.3 is 5.32 Å². The van der Waals surface area contributed by atoms with Crippen molar-refractivity contribution in [1.82, 2.24) is 15.3 Å². The van der Waals surface area contributed by atoms with Crippen molar-refractivity contribution in [3.05, 3.63) is 18.5 Å². The van der Waals surface area contributed by atoms with Crippen molar-refractivity contribution in [2.24, 2.45) is 5.92 Å². The summed E-state index contributed by atoms with van der Waals surface area (Å²) in [6, 6.07) is 1.71. The van der Waals surface area contributed by atoms with Gasteiger partial charge in [0.25, 0.3) is 0 Å². The molecule has 0 radical (unpaired) electrons. The van der Waals surface area contributed by atoms with Gasteiger partial charge in [-0.25, -0.2) is 9.97 Å². The molecule has 1 saturated heterocycles. The summed E-state index contributed by atoms with van der Waals surface area (Å²) in [6.45, 7) is 1.50. The van der Waals surface area contributed by atoms with Crippen LogP contribution in [0.1, 0.15) is 0 Å². The first-order valence-corrected chi connectivity index (χ1v) is 4.15. The number of carbonyl (C=O) groups is 1. The highest BCUT2D eigenvalue weighted by molar-refractivity contribution is 5.91. The maximum absolute atomic E-state index is 11.4. The van der Waals surface area contributed by atoms with Gasteiger partial charge >= 0.3 is 0 Å². The summed E-state index contributed by atoms with van der Waals surface area (Å²) in [5.41, 5.74) is 0. The van der Waals surface area contributed by atoms with E-state index in [9.17, 15) is 4.79 Å². The molecule has 1 aliphatic heterocycles. The normalized spacial score (nSPS) is 16.3. The van der Waals surface area contributed by atoms with E-state index in [0.29, 0.717) is 5.95 Å². The molecule has 0 saturated carbocycles. The molecule has 68 valence electrons. The molecule has 0 aliphatic carbocycles. The van der Waals surface area contributed by atoms with Crippen LogP contribution in [0.15, 0.2) is 18.5 Å². The van der Waals surface area contributed by atoms with Crippen LogP contribution < -0.4 is 10.6 Å². The molecule has 0 spiro atoms. The Kier molecular flexibility index (Phi) is 2.18. The number of nitrogens with zero attached hydrogens (tertiary/aromatic N) is 2. The smallest absolute Gasteiger partial charge is 0.232 e. The SMILES string of the molecule is O=C(Nc1ncccn1)C1CNC1. The van der Waals surface area contributed by atoms with Crippen LogP contribution in [0.5, 0.6) is 0 Å². The predicted octanol–water partition coefficient (Wildman–Crippen LogP) is -0.366. The molecule has 0 unspecified atom stereocenters. The number of hydrogen-bond donors (Lipinski definition) is 2. The summed E-state index contributed by atoms with van der Waals surface area (Å²) in [5, 5.41) is 5.67. The minimum Gasteiger partial charge on any atom is -0.315 e. The largest absolute Gasteiger partial charge is 0.315 e. The van der Waals surface area contributed by atoms with Crippen molar-refractivity contribution in [3.8, 4) is 0 Å². The van der Waals surface area contributed by atoms with Gasteiger partial charge in [-0.05, 0) is 6.07 Å². The van der Waals surface area contributed by atoms with Crippen molar-refractivity contribution in [2.45, 2.75) is 0 Å². The quantitative estimate of drug-likeness (QED) is 0.648. The molecule has 1 aromatic rings. The highest BCUT2D eigenvalue weighted by atomic mass is 16.2. The number of hydrogen-bond acceptors (Lipinski definition) is 4. The second-order valence-corrected chi connectivity index (χ2v) is 2.92. The van der Waals surface area contributed by atoms with Crippen molar-refractivity contribution >= 4 is 11.9 Å². The molecule has 13 heavy (non-hydrogen) atoms. The minimum absolute atomic E-state index is 0.00931. The number of carbonyl (C=O) groups excluding carboxylic acids is 1. The van der Waals surface area contributed by atoms with E-state index in [1.165, 1.54) is 0 Å². The molecule has 2 N–H and O–H groups in total. The predicted molar refractivity (Wildman–Crippen MR) is 47.0 cm³/mol. The third-order valence-electron chi connectivity index (χ3n) is 1.95. The van der Waals surface area contributed by atoms with E-state index in [1.54, 1.807) is 18.5 Å². The number of nitrogens with one attached hydrogen (secondary N) is 2. The second-order valence-electron chi connectivity index (χ2n) is 2.92. The molecule has 1 amide bonds. The first-order valence-electron chi connectivity index (χ1n) is 4.15. The van der Waals surface area contributed by atoms with Crippen molar-refractivity contribution in [3.63, 3.8) is 0 Å². The van der Waals surface area contributed by atoms with E-state index in [-0.39, 0.29) is 11.8 Å². The summed E-state index contributed by atoms with van der Waals surface area (Å²) < 4.78 is 0. The van der Waals surface area contributed by atoms with Crippen LogP contribution in [0.4, 0.5) is 5.95 Å². The second kappa shape index (κ2) is 3.49. The Morgan fingerprint density at radius 3 is 2.69 bits per heavy atom. The fourth-order valence-electron chi connectivity index (χ4n) is 1.05. The van der Waals surface area contributed by atoms with E-state index in [2.05, 4.69) is 20.6 Å². The van der Waals surface area contributed by atoms with E-state index < -0.39 is 0 Å². The molecular weight excluding hydrogens is 168 g/mol. The van der Waals surface area contributed by atoms with Crippen LogP contribution in [0.3, 0.4) is 0 Å². The Labute approximate surface area is 75.6 Å². The molecule has 1 fully saturated rings. The van der Waals surface area contributed by atoms with Crippen LogP contribution in [0.25, 0.3) is 0 Å². The molecule has 2 rings (SSSR count). The summed E-state index contributed by atoms with van der Waals surface area (Å²) in [6.07, 6.45) is 3.20. The van der Waals surface area contributed by atoms with Crippen LogP contribution in [0.2, 0.25) is 0 Å². The molecule has 0 bridgehead atoms. The molecular formula is C8H10N4O. The average Bonchev–Trinajstić information content (AvgIpc) is 2.02. The van der Waals surface area contributed by atoms with Crippen LogP contribution >= 0.6 is 0 Å². The van der Waals surface area contributed by atoms with Crippen molar-refractivity contribution < 1.29 is 4.79 Å². The number of amides is 1. The number of anilines is 1. The lowest BCUT2D eigenvalue weighted by atomic mass is 10.0. The fourth-order valence-corrected chi connectivity index (χ4v) is 1.05. The monoisotopic (exact) mass is 178 g/mol. The van der Waals surface area contributed by atoms with Gasteiger partial charge in [0.2, 0.25) is 11.9 Å². The maximum Gasteiger partial charge on any atom is 0.232 e. The number of rotatable bonds is 2. The summed E-state index contributed by atoms with van der Waals surface area (Å²) in [7, 11) is 0. The van der Waals surface area contributed by atoms with Gasteiger partial charge in [-0.2, -0.15) is 0 Å². The Hall–Kier alpha value is -1.49. The highest BCUT2D eigenvalue weighted by Crippen LogP contribution is 2.05. The van der Waals surface area contributed by atoms with Crippen molar-refractivity contribution in [1.29, 1.82) is 0 Å². The first kappa shape index (κ1) is 8.12. The van der Waals surface area contributed by atoms with E-state index in [4.69, 9.17) is 0 Å². The summed E-state index contributed by atoms with van der Waals surface area (Å²) >= 11 is 0. The van der Waals surface area contributed by atoms with Gasteiger partial charge in [-0.3, -0.25) is 10.1 Å². The lowest BCUT2D eigenvalue weighted by Crippen LogP contribution is -2.48. The first-order chi connectivity index (χ1) is 6.36. The molecule has 5 nitrogen and oxygen atoms in total. The molecule has 5 heteroatoms. The topological polar surface area (TPSA) is 66.9 Å². The molecule has 1 aliphatic rings. The van der Waals surface area contributed by atoms with E-state index in [1.807, 2.05) is 0 Å². The molecule has 1 aromatic heterocycles. The summed E-state index contributed by atoms with van der Waals surface area (Å²) in [5.74, 6) is 0.438. The van der Waals surface area contributed by atoms with Gasteiger partial charge in [0, 0.05) is 25.5 Å². The van der Waals surface area contributed by atoms with Crippen LogP contribution in [-0.4, -0.2) is 29.0 Å². The number of aromatic nitrogens is 2. The third kappa shape index (κ3) is 1.81. The highest BCUT2D eigenvalue weighted by Gasteiger charge is 2.25. The Balaban J connectivity index is 1.94. The maximum atomic E-state index is 11.4. The van der Waals surface area contributed by atoms with Gasteiger partial charge in [0.1, 0.15) is 0 Å². The van der Waals surface area contributed by atoms with E-state index in [0.717, 1.165) is 13.1 Å². The van der Waals surface area contributed by atoms with Gasteiger partial charge in [-0.1, -0.05) is 0 Å². The average molecular weight is 178 g/mol. The van der Waals surface area contributed by atoms with Crippen molar-refractivity contribution in [2.75, 3.05) is 18.4 Å². The zero-order valence-electron chi connectivity index (χ0n) is 7.03. The zero-order valence-corrected chi connectivity index (χ0v) is 7.03. The standard InChI is InChI=1S/C8H10N4O/c13-7(6-4-9-5-6)12-8-10-2-1-3-11-8/h1-3,6,9H,4-5H2,(H,10,11,12,13). The minimum atomic E-state index is -0.00931. The Morgan fingerprint density at radius 1 is 1.46 bits per heavy atom. The van der Waals surface area contributed by atoms with Gasteiger partial charge in [0.15, 0.2) is 0 Å². The zero-order chi connectivity index (χ0) is 9.10. The lowest BCUT2D eigenvalue weighted by molar-refractivity contribution is -0.121. The molecule has 0 aromatic carbocycles. The third-order valence-corrected chi connectivity index (χ3v) is 1.95. The van der Waals surface area contributed by atoms with E-state index >= 15 is 0 Å². The molecule has 0 atom stereocenters. The summed E-state index contributed by atoms with van der Waals surface area (Å²) in [4.78, 5) is 19.2. The van der Waals surface area contributed by atoms with Crippen LogP contribution in [-0.2, 0) is 4.79 Å². The molecule has 2 heterocycles. The van der Waals surface area contributed by atoms with Gasteiger partial charge in [-0.15, -0.1) is 0 Å². The lowest BCUT2D eigenvalue weighted by Gasteiger charge is -2.25.